The molecule has 0 spiro atoms. The third kappa shape index (κ3) is 4.80. The molecule has 0 saturated carbocycles. The topological polar surface area (TPSA) is 95.7 Å². The number of nitro groups is 1. The molecule has 0 aliphatic carbocycles. The number of Topliss-reactive ketones (excluding diaryl/α,β-unsaturated/α-hetero) is 1. The summed E-state index contributed by atoms with van der Waals surface area (Å²) in [5.74, 6) is -4.12. The van der Waals surface area contributed by atoms with E-state index in [4.69, 9.17) is 4.74 Å². The average Bonchev–Trinajstić information content (AvgIpc) is 2.60. The zero-order chi connectivity index (χ0) is 18.4. The highest BCUT2D eigenvalue weighted by atomic mass is 19.2. The van der Waals surface area contributed by atoms with Gasteiger partial charge >= 0.3 is 11.7 Å². The summed E-state index contributed by atoms with van der Waals surface area (Å²) in [6.45, 7) is -1.36. The molecule has 9 heteroatoms. The van der Waals surface area contributed by atoms with E-state index in [1.54, 1.807) is 0 Å². The van der Waals surface area contributed by atoms with Crippen LogP contribution in [0.2, 0.25) is 0 Å². The summed E-state index contributed by atoms with van der Waals surface area (Å²) in [7, 11) is 0. The van der Waals surface area contributed by atoms with Gasteiger partial charge in [0.15, 0.2) is 36.4 Å². The summed E-state index contributed by atoms with van der Waals surface area (Å²) in [5.41, 5.74) is -0.487. The number of benzene rings is 2. The predicted molar refractivity (Wildman–Crippen MR) is 80.2 cm³/mol. The standard InChI is InChI=1S/C16H11F2NO6/c17-11-6-5-10(7-12(11)18)14(20)8-25-16(21)9-24-15-4-2-1-3-13(15)19(22)23/h1-7H,8-9H2. The Balaban J connectivity index is 1.88. The van der Waals surface area contributed by atoms with Crippen molar-refractivity contribution in [1.82, 2.24) is 0 Å². The maximum Gasteiger partial charge on any atom is 0.344 e. The minimum atomic E-state index is -1.20. The van der Waals surface area contributed by atoms with Gasteiger partial charge in [-0.2, -0.15) is 0 Å². The SMILES string of the molecule is O=C(COc1ccccc1[N+](=O)[O-])OCC(=O)c1ccc(F)c(F)c1. The Labute approximate surface area is 139 Å². The lowest BCUT2D eigenvalue weighted by atomic mass is 10.1. The first-order chi connectivity index (χ1) is 11.9. The van der Waals surface area contributed by atoms with E-state index >= 15 is 0 Å². The molecule has 0 aliphatic heterocycles. The molecule has 0 aliphatic rings. The van der Waals surface area contributed by atoms with Crippen molar-refractivity contribution in [3.05, 3.63) is 69.8 Å². The first kappa shape index (κ1) is 18.0. The first-order valence-electron chi connectivity index (χ1n) is 6.88. The number of hydrogen-bond acceptors (Lipinski definition) is 6. The van der Waals surface area contributed by atoms with Gasteiger partial charge in [-0.15, -0.1) is 0 Å². The highest BCUT2D eigenvalue weighted by Gasteiger charge is 2.16. The Morgan fingerprint density at radius 2 is 1.76 bits per heavy atom. The second-order valence-electron chi connectivity index (χ2n) is 4.73. The Morgan fingerprint density at radius 1 is 1.04 bits per heavy atom. The van der Waals surface area contributed by atoms with Crippen molar-refractivity contribution in [2.45, 2.75) is 0 Å². The predicted octanol–water partition coefficient (Wildman–Crippen LogP) is 2.68. The zero-order valence-corrected chi connectivity index (χ0v) is 12.6. The fourth-order valence-electron chi connectivity index (χ4n) is 1.81. The normalized spacial score (nSPS) is 10.2. The molecule has 0 heterocycles. The van der Waals surface area contributed by atoms with E-state index in [1.165, 1.54) is 24.3 Å². The van der Waals surface area contributed by atoms with Crippen molar-refractivity contribution >= 4 is 17.4 Å². The van der Waals surface area contributed by atoms with Gasteiger partial charge in [0.1, 0.15) is 0 Å². The number of para-hydroxylation sites is 2. The van der Waals surface area contributed by atoms with E-state index in [-0.39, 0.29) is 17.0 Å². The summed E-state index contributed by atoms with van der Waals surface area (Å²) in [6, 6.07) is 7.95. The van der Waals surface area contributed by atoms with Crippen LogP contribution in [-0.4, -0.2) is 29.9 Å². The van der Waals surface area contributed by atoms with Gasteiger partial charge in [-0.05, 0) is 24.3 Å². The second kappa shape index (κ2) is 7.95. The van der Waals surface area contributed by atoms with Crippen molar-refractivity contribution < 1.29 is 32.8 Å². The van der Waals surface area contributed by atoms with Crippen LogP contribution in [0.25, 0.3) is 0 Å². The van der Waals surface area contributed by atoms with Gasteiger partial charge in [0.25, 0.3) is 0 Å². The van der Waals surface area contributed by atoms with Crippen LogP contribution in [-0.2, 0) is 9.53 Å². The lowest BCUT2D eigenvalue weighted by Crippen LogP contribution is -2.20. The molecule has 0 aromatic heterocycles. The molecular formula is C16H11F2NO6. The number of esters is 1. The Morgan fingerprint density at radius 3 is 2.44 bits per heavy atom. The van der Waals surface area contributed by atoms with Crippen molar-refractivity contribution in [3.8, 4) is 5.75 Å². The van der Waals surface area contributed by atoms with Crippen LogP contribution in [0, 0.1) is 21.7 Å². The van der Waals surface area contributed by atoms with E-state index in [0.717, 1.165) is 12.1 Å². The van der Waals surface area contributed by atoms with Gasteiger partial charge in [-0.3, -0.25) is 14.9 Å². The molecule has 2 rings (SSSR count). The number of nitro benzene ring substituents is 1. The van der Waals surface area contributed by atoms with E-state index in [9.17, 15) is 28.5 Å². The van der Waals surface area contributed by atoms with Crippen molar-refractivity contribution in [1.29, 1.82) is 0 Å². The highest BCUT2D eigenvalue weighted by Crippen LogP contribution is 2.25. The molecule has 0 saturated heterocycles. The van der Waals surface area contributed by atoms with Gasteiger partial charge in [0.2, 0.25) is 0 Å². The van der Waals surface area contributed by atoms with Crippen LogP contribution >= 0.6 is 0 Å². The molecule has 130 valence electrons. The molecule has 0 N–H and O–H groups in total. The van der Waals surface area contributed by atoms with Crippen LogP contribution in [0.3, 0.4) is 0 Å². The number of carbonyl (C=O) groups excluding carboxylic acids is 2. The molecule has 0 atom stereocenters. The van der Waals surface area contributed by atoms with Gasteiger partial charge < -0.3 is 9.47 Å². The molecule has 0 bridgehead atoms. The number of carbonyl (C=O) groups is 2. The van der Waals surface area contributed by atoms with E-state index in [0.29, 0.717) is 6.07 Å². The number of rotatable bonds is 7. The summed E-state index contributed by atoms with van der Waals surface area (Å²) in [5, 5.41) is 10.8. The molecular weight excluding hydrogens is 340 g/mol. The van der Waals surface area contributed by atoms with Crippen molar-refractivity contribution in [2.75, 3.05) is 13.2 Å². The van der Waals surface area contributed by atoms with Gasteiger partial charge in [-0.25, -0.2) is 13.6 Å². The van der Waals surface area contributed by atoms with Crippen molar-refractivity contribution in [2.24, 2.45) is 0 Å². The van der Waals surface area contributed by atoms with Crippen LogP contribution < -0.4 is 4.74 Å². The molecule has 0 radical (unpaired) electrons. The number of ketones is 1. The molecule has 2 aromatic rings. The number of hydrogen-bond donors (Lipinski definition) is 0. The average molecular weight is 351 g/mol. The molecule has 0 unspecified atom stereocenters. The summed E-state index contributed by atoms with van der Waals surface area (Å²) in [4.78, 5) is 33.4. The molecule has 2 aromatic carbocycles. The molecule has 0 fully saturated rings. The monoisotopic (exact) mass is 351 g/mol. The molecule has 7 nitrogen and oxygen atoms in total. The summed E-state index contributed by atoms with van der Waals surface area (Å²) < 4.78 is 35.5. The van der Waals surface area contributed by atoms with Crippen LogP contribution in [0.1, 0.15) is 10.4 Å². The molecule has 25 heavy (non-hydrogen) atoms. The lowest BCUT2D eigenvalue weighted by Gasteiger charge is -2.07. The Bertz CT molecular complexity index is 824. The van der Waals surface area contributed by atoms with Gasteiger partial charge in [0, 0.05) is 11.6 Å². The van der Waals surface area contributed by atoms with Crippen LogP contribution in [0.4, 0.5) is 14.5 Å². The van der Waals surface area contributed by atoms with E-state index in [1.807, 2.05) is 0 Å². The minimum absolute atomic E-state index is 0.128. The minimum Gasteiger partial charge on any atom is -0.475 e. The smallest absolute Gasteiger partial charge is 0.344 e. The maximum absolute atomic E-state index is 13.0. The second-order valence-corrected chi connectivity index (χ2v) is 4.73. The van der Waals surface area contributed by atoms with Gasteiger partial charge in [0.05, 0.1) is 4.92 Å². The van der Waals surface area contributed by atoms with E-state index in [2.05, 4.69) is 4.74 Å². The van der Waals surface area contributed by atoms with Crippen molar-refractivity contribution in [3.63, 3.8) is 0 Å². The van der Waals surface area contributed by atoms with E-state index < -0.39 is 41.5 Å². The number of ether oxygens (including phenoxy) is 2. The number of nitrogens with zero attached hydrogens (tertiary/aromatic N) is 1. The highest BCUT2D eigenvalue weighted by molar-refractivity contribution is 5.97. The number of halogens is 2. The zero-order valence-electron chi connectivity index (χ0n) is 12.6. The lowest BCUT2D eigenvalue weighted by molar-refractivity contribution is -0.385. The van der Waals surface area contributed by atoms with Gasteiger partial charge in [-0.1, -0.05) is 12.1 Å². The largest absolute Gasteiger partial charge is 0.475 e. The Kier molecular flexibility index (Phi) is 5.72. The third-order valence-corrected chi connectivity index (χ3v) is 3.01. The van der Waals surface area contributed by atoms with Crippen LogP contribution in [0.15, 0.2) is 42.5 Å². The third-order valence-electron chi connectivity index (χ3n) is 3.01. The molecule has 0 amide bonds. The maximum atomic E-state index is 13.0. The Hall–Kier alpha value is -3.36. The fraction of sp³-hybridized carbons (Fsp3) is 0.125. The first-order valence-corrected chi connectivity index (χ1v) is 6.88. The summed E-state index contributed by atoms with van der Waals surface area (Å²) in [6.07, 6.45) is 0. The summed E-state index contributed by atoms with van der Waals surface area (Å²) >= 11 is 0. The quantitative estimate of drug-likeness (QED) is 0.329. The fourth-order valence-corrected chi connectivity index (χ4v) is 1.81. The van der Waals surface area contributed by atoms with Crippen LogP contribution in [0.5, 0.6) is 5.75 Å².